The summed E-state index contributed by atoms with van der Waals surface area (Å²) >= 11 is 1.81. The van der Waals surface area contributed by atoms with Crippen LogP contribution >= 0.6 is 11.3 Å². The molecule has 1 unspecified atom stereocenters. The summed E-state index contributed by atoms with van der Waals surface area (Å²) in [4.78, 5) is 19.2. The van der Waals surface area contributed by atoms with E-state index in [1.54, 1.807) is 29.0 Å². The van der Waals surface area contributed by atoms with Gasteiger partial charge >= 0.3 is 0 Å². The molecule has 4 rings (SSSR count). The smallest absolute Gasteiger partial charge is 0.250 e. The lowest BCUT2D eigenvalue weighted by Gasteiger charge is -2.34. The third-order valence-electron chi connectivity index (χ3n) is 4.76. The molecule has 1 saturated heterocycles. The van der Waals surface area contributed by atoms with Crippen molar-refractivity contribution in [2.75, 3.05) is 6.54 Å². The molecule has 4 nitrogen and oxygen atoms in total. The van der Waals surface area contributed by atoms with Gasteiger partial charge in [-0.3, -0.25) is 9.69 Å². The summed E-state index contributed by atoms with van der Waals surface area (Å²) in [6, 6.07) is 12.5. The van der Waals surface area contributed by atoms with Crippen LogP contribution in [0.15, 0.2) is 47.4 Å². The number of aromatic nitrogens is 2. The van der Waals surface area contributed by atoms with Gasteiger partial charge in [-0.15, -0.1) is 11.3 Å². The van der Waals surface area contributed by atoms with Crippen molar-refractivity contribution in [2.24, 2.45) is 7.05 Å². The first-order chi connectivity index (χ1) is 11.7. The van der Waals surface area contributed by atoms with Gasteiger partial charge in [0.25, 0.3) is 5.56 Å². The first-order valence-corrected chi connectivity index (χ1v) is 9.27. The van der Waals surface area contributed by atoms with E-state index >= 15 is 0 Å². The van der Waals surface area contributed by atoms with Crippen LogP contribution < -0.4 is 5.56 Å². The number of pyridine rings is 1. The van der Waals surface area contributed by atoms with Crippen molar-refractivity contribution in [1.82, 2.24) is 14.5 Å². The standard InChI is InChI=1S/C19H21N3OS/c1-21-11-9-14(12-18(21)23)13-22-10-5-4-7-16(22)19-20-15-6-2-3-8-17(15)24-19/h2-3,6,8-9,11-12,16H,4-5,7,10,13H2,1H3. The number of piperidine rings is 1. The number of benzene rings is 1. The average molecular weight is 339 g/mol. The van der Waals surface area contributed by atoms with E-state index in [0.29, 0.717) is 6.04 Å². The van der Waals surface area contributed by atoms with E-state index in [1.807, 2.05) is 18.3 Å². The summed E-state index contributed by atoms with van der Waals surface area (Å²) in [5, 5.41) is 1.21. The van der Waals surface area contributed by atoms with Crippen molar-refractivity contribution >= 4 is 21.6 Å². The van der Waals surface area contributed by atoms with Crippen molar-refractivity contribution in [1.29, 1.82) is 0 Å². The monoisotopic (exact) mass is 339 g/mol. The molecular formula is C19H21N3OS. The van der Waals surface area contributed by atoms with Gasteiger partial charge in [0, 0.05) is 25.9 Å². The summed E-state index contributed by atoms with van der Waals surface area (Å²) in [6.07, 6.45) is 5.46. The van der Waals surface area contributed by atoms with Crippen molar-refractivity contribution in [3.8, 4) is 0 Å². The van der Waals surface area contributed by atoms with Gasteiger partial charge in [0.15, 0.2) is 0 Å². The number of rotatable bonds is 3. The minimum absolute atomic E-state index is 0.0565. The number of fused-ring (bicyclic) bond motifs is 1. The lowest BCUT2D eigenvalue weighted by atomic mass is 10.0. The van der Waals surface area contributed by atoms with Gasteiger partial charge < -0.3 is 4.57 Å². The Bertz CT molecular complexity index is 881. The van der Waals surface area contributed by atoms with E-state index in [-0.39, 0.29) is 5.56 Å². The number of nitrogens with zero attached hydrogens (tertiary/aromatic N) is 3. The fourth-order valence-electron chi connectivity index (χ4n) is 3.41. The molecular weight excluding hydrogens is 318 g/mol. The molecule has 3 aromatic rings. The Morgan fingerprint density at radius 2 is 2.12 bits per heavy atom. The SMILES string of the molecule is Cn1ccc(CN2CCCCC2c2nc3ccccc3s2)cc1=O. The van der Waals surface area contributed by atoms with E-state index in [0.717, 1.165) is 30.6 Å². The van der Waals surface area contributed by atoms with E-state index in [9.17, 15) is 4.79 Å². The molecule has 0 N–H and O–H groups in total. The number of para-hydroxylation sites is 1. The predicted molar refractivity (Wildman–Crippen MR) is 98.3 cm³/mol. The second-order valence-electron chi connectivity index (χ2n) is 6.49. The molecule has 0 radical (unpaired) electrons. The van der Waals surface area contributed by atoms with E-state index in [1.165, 1.54) is 22.5 Å². The third-order valence-corrected chi connectivity index (χ3v) is 5.90. The molecule has 0 aliphatic carbocycles. The number of thiazole rings is 1. The number of hydrogen-bond donors (Lipinski definition) is 0. The van der Waals surface area contributed by atoms with Crippen molar-refractivity contribution in [3.05, 3.63) is 63.5 Å². The average Bonchev–Trinajstić information content (AvgIpc) is 3.02. The second-order valence-corrected chi connectivity index (χ2v) is 7.55. The Kier molecular flexibility index (Phi) is 4.21. The van der Waals surface area contributed by atoms with Crippen LogP contribution in [-0.2, 0) is 13.6 Å². The highest BCUT2D eigenvalue weighted by molar-refractivity contribution is 7.18. The molecule has 1 atom stereocenters. The van der Waals surface area contributed by atoms with Crippen molar-refractivity contribution in [2.45, 2.75) is 31.8 Å². The first-order valence-electron chi connectivity index (χ1n) is 8.46. The minimum atomic E-state index is 0.0565. The Labute approximate surface area is 145 Å². The lowest BCUT2D eigenvalue weighted by Crippen LogP contribution is -2.33. The number of aryl methyl sites for hydroxylation is 1. The molecule has 0 bridgehead atoms. The molecule has 0 saturated carbocycles. The van der Waals surface area contributed by atoms with E-state index in [2.05, 4.69) is 23.1 Å². The second kappa shape index (κ2) is 6.49. The summed E-state index contributed by atoms with van der Waals surface area (Å²) < 4.78 is 2.87. The van der Waals surface area contributed by atoms with Crippen LogP contribution in [0.1, 0.15) is 35.9 Å². The zero-order chi connectivity index (χ0) is 16.5. The fraction of sp³-hybridized carbons (Fsp3) is 0.368. The van der Waals surface area contributed by atoms with Crippen LogP contribution in [0.4, 0.5) is 0 Å². The molecule has 2 aromatic heterocycles. The fourth-order valence-corrected chi connectivity index (χ4v) is 4.55. The molecule has 3 heterocycles. The van der Waals surface area contributed by atoms with Crippen LogP contribution in [0.2, 0.25) is 0 Å². The molecule has 124 valence electrons. The van der Waals surface area contributed by atoms with Crippen LogP contribution in [0, 0.1) is 0 Å². The molecule has 1 aliphatic rings. The Morgan fingerprint density at radius 1 is 1.25 bits per heavy atom. The normalized spacial score (nSPS) is 19.0. The highest BCUT2D eigenvalue weighted by atomic mass is 32.1. The third kappa shape index (κ3) is 3.01. The maximum atomic E-state index is 11.9. The van der Waals surface area contributed by atoms with Gasteiger partial charge in [0.05, 0.1) is 16.3 Å². The van der Waals surface area contributed by atoms with Crippen LogP contribution in [-0.4, -0.2) is 21.0 Å². The summed E-state index contributed by atoms with van der Waals surface area (Å²) in [7, 11) is 1.79. The topological polar surface area (TPSA) is 38.1 Å². The largest absolute Gasteiger partial charge is 0.319 e. The molecule has 24 heavy (non-hydrogen) atoms. The molecule has 0 spiro atoms. The Balaban J connectivity index is 1.62. The summed E-state index contributed by atoms with van der Waals surface area (Å²) in [5.74, 6) is 0. The van der Waals surface area contributed by atoms with Crippen molar-refractivity contribution in [3.63, 3.8) is 0 Å². The van der Waals surface area contributed by atoms with Crippen LogP contribution in [0.25, 0.3) is 10.2 Å². The van der Waals surface area contributed by atoms with E-state index in [4.69, 9.17) is 4.98 Å². The molecule has 1 aliphatic heterocycles. The first kappa shape index (κ1) is 15.5. The van der Waals surface area contributed by atoms with Gasteiger partial charge in [-0.2, -0.15) is 0 Å². The highest BCUT2D eigenvalue weighted by Gasteiger charge is 2.26. The van der Waals surface area contributed by atoms with Gasteiger partial charge in [-0.1, -0.05) is 18.6 Å². The van der Waals surface area contributed by atoms with Crippen molar-refractivity contribution < 1.29 is 0 Å². The zero-order valence-corrected chi connectivity index (χ0v) is 14.6. The van der Waals surface area contributed by atoms with Gasteiger partial charge in [-0.05, 0) is 43.1 Å². The quantitative estimate of drug-likeness (QED) is 0.730. The Hall–Kier alpha value is -1.98. The predicted octanol–water partition coefficient (Wildman–Crippen LogP) is 3.72. The van der Waals surface area contributed by atoms with Crippen LogP contribution in [0.5, 0.6) is 0 Å². The summed E-state index contributed by atoms with van der Waals surface area (Å²) in [5.41, 5.74) is 2.24. The molecule has 1 aromatic carbocycles. The number of likely N-dealkylation sites (tertiary alicyclic amines) is 1. The molecule has 1 fully saturated rings. The zero-order valence-electron chi connectivity index (χ0n) is 13.8. The Morgan fingerprint density at radius 3 is 2.96 bits per heavy atom. The van der Waals surface area contributed by atoms with Crippen LogP contribution in [0.3, 0.4) is 0 Å². The van der Waals surface area contributed by atoms with E-state index < -0.39 is 0 Å². The van der Waals surface area contributed by atoms with Gasteiger partial charge in [0.2, 0.25) is 0 Å². The molecule has 0 amide bonds. The lowest BCUT2D eigenvalue weighted by molar-refractivity contribution is 0.140. The maximum absolute atomic E-state index is 11.9. The summed E-state index contributed by atoms with van der Waals surface area (Å²) in [6.45, 7) is 1.88. The van der Waals surface area contributed by atoms with Gasteiger partial charge in [-0.25, -0.2) is 4.98 Å². The number of hydrogen-bond acceptors (Lipinski definition) is 4. The highest BCUT2D eigenvalue weighted by Crippen LogP contribution is 2.36. The van der Waals surface area contributed by atoms with Gasteiger partial charge in [0.1, 0.15) is 5.01 Å². The maximum Gasteiger partial charge on any atom is 0.250 e. The molecule has 5 heteroatoms. The minimum Gasteiger partial charge on any atom is -0.319 e.